The topological polar surface area (TPSA) is 84.0 Å². The van der Waals surface area contributed by atoms with E-state index in [0.29, 0.717) is 12.4 Å². The molecule has 0 radical (unpaired) electrons. The number of ether oxygens (including phenoxy) is 1. The van der Waals surface area contributed by atoms with Gasteiger partial charge in [0.25, 0.3) is 5.91 Å². The Morgan fingerprint density at radius 1 is 1.45 bits per heavy atom. The summed E-state index contributed by atoms with van der Waals surface area (Å²) in [7, 11) is 1.78. The van der Waals surface area contributed by atoms with Gasteiger partial charge < -0.3 is 9.64 Å². The van der Waals surface area contributed by atoms with Crippen molar-refractivity contribution < 1.29 is 9.53 Å². The molecule has 0 saturated carbocycles. The van der Waals surface area contributed by atoms with Crippen molar-refractivity contribution in [3.05, 3.63) is 35.7 Å². The van der Waals surface area contributed by atoms with Gasteiger partial charge in [0.2, 0.25) is 0 Å². The number of rotatable bonds is 4. The van der Waals surface area contributed by atoms with Crippen molar-refractivity contribution in [2.24, 2.45) is 0 Å². The van der Waals surface area contributed by atoms with Gasteiger partial charge >= 0.3 is 0 Å². The molecule has 0 fully saturated rings. The van der Waals surface area contributed by atoms with Crippen LogP contribution in [0.5, 0.6) is 5.75 Å². The smallest absolute Gasteiger partial charge is 0.264 e. The largest absolute Gasteiger partial charge is 0.480 e. The van der Waals surface area contributed by atoms with Gasteiger partial charge in [-0.15, -0.1) is 10.2 Å². The standard InChI is InChI=1S/C15H19N5O2/c1-9(14-16-18-19-17-14)8-20(3)15(21)13-10(2)11-6-4-5-7-12(11)22-13/h4-7,9-10,13H,8H2,1-3H3,(H,16,17,18,19)/t9-,10-,13-/m1/s1. The molecule has 1 N–H and O–H groups in total. The van der Waals surface area contributed by atoms with Crippen LogP contribution in [-0.2, 0) is 4.79 Å². The molecule has 1 aliphatic rings. The molecule has 0 unspecified atom stereocenters. The summed E-state index contributed by atoms with van der Waals surface area (Å²) in [5, 5.41) is 13.9. The first-order valence-electron chi connectivity index (χ1n) is 7.32. The summed E-state index contributed by atoms with van der Waals surface area (Å²) in [5.74, 6) is 1.42. The predicted molar refractivity (Wildman–Crippen MR) is 79.5 cm³/mol. The summed E-state index contributed by atoms with van der Waals surface area (Å²) in [6, 6.07) is 7.80. The average Bonchev–Trinajstić information content (AvgIpc) is 3.15. The quantitative estimate of drug-likeness (QED) is 0.921. The van der Waals surface area contributed by atoms with E-state index in [-0.39, 0.29) is 17.7 Å². The SMILES string of the molecule is C[C@H](CN(C)C(=O)[C@@H]1Oc2ccccc2[C@H]1C)c1nn[nH]n1. The zero-order valence-electron chi connectivity index (χ0n) is 12.9. The van der Waals surface area contributed by atoms with Crippen LogP contribution in [0.15, 0.2) is 24.3 Å². The molecule has 3 atom stereocenters. The second-order valence-corrected chi connectivity index (χ2v) is 5.75. The third-order valence-electron chi connectivity index (χ3n) is 4.09. The Balaban J connectivity index is 1.67. The lowest BCUT2D eigenvalue weighted by atomic mass is 9.96. The monoisotopic (exact) mass is 301 g/mol. The number of H-pyrrole nitrogens is 1. The lowest BCUT2D eigenvalue weighted by Gasteiger charge is -2.24. The van der Waals surface area contributed by atoms with Crippen LogP contribution in [0.1, 0.15) is 37.1 Å². The molecule has 1 aromatic carbocycles. The number of para-hydroxylation sites is 1. The van der Waals surface area contributed by atoms with Gasteiger partial charge in [-0.25, -0.2) is 0 Å². The molecule has 0 spiro atoms. The van der Waals surface area contributed by atoms with Crippen LogP contribution in [0.2, 0.25) is 0 Å². The first kappa shape index (κ1) is 14.5. The third-order valence-corrected chi connectivity index (χ3v) is 4.09. The Morgan fingerprint density at radius 3 is 2.91 bits per heavy atom. The molecule has 2 aromatic rings. The molecule has 7 heteroatoms. The van der Waals surface area contributed by atoms with Gasteiger partial charge in [0.15, 0.2) is 11.9 Å². The third kappa shape index (κ3) is 2.54. The number of aromatic nitrogens is 4. The highest BCUT2D eigenvalue weighted by Crippen LogP contribution is 2.38. The van der Waals surface area contributed by atoms with Gasteiger partial charge in [-0.05, 0) is 6.07 Å². The van der Waals surface area contributed by atoms with Crippen molar-refractivity contribution in [3.63, 3.8) is 0 Å². The fourth-order valence-corrected chi connectivity index (χ4v) is 2.81. The van der Waals surface area contributed by atoms with E-state index in [2.05, 4.69) is 20.6 Å². The Kier molecular flexibility index (Phi) is 3.79. The number of aromatic amines is 1. The van der Waals surface area contributed by atoms with E-state index in [1.165, 1.54) is 0 Å². The molecule has 116 valence electrons. The van der Waals surface area contributed by atoms with E-state index in [0.717, 1.165) is 11.3 Å². The highest BCUT2D eigenvalue weighted by Gasteiger charge is 2.37. The van der Waals surface area contributed by atoms with Crippen LogP contribution < -0.4 is 4.74 Å². The van der Waals surface area contributed by atoms with Crippen LogP contribution in [0.25, 0.3) is 0 Å². The van der Waals surface area contributed by atoms with Crippen LogP contribution in [0, 0.1) is 0 Å². The van der Waals surface area contributed by atoms with E-state index in [1.54, 1.807) is 11.9 Å². The van der Waals surface area contributed by atoms with Crippen molar-refractivity contribution in [1.82, 2.24) is 25.5 Å². The van der Waals surface area contributed by atoms with E-state index in [4.69, 9.17) is 4.74 Å². The number of likely N-dealkylation sites (N-methyl/N-ethyl adjacent to an activating group) is 1. The minimum atomic E-state index is -0.472. The van der Waals surface area contributed by atoms with E-state index in [1.807, 2.05) is 38.1 Å². The predicted octanol–water partition coefficient (Wildman–Crippen LogP) is 1.33. The number of carbonyl (C=O) groups excluding carboxylic acids is 1. The lowest BCUT2D eigenvalue weighted by molar-refractivity contribution is -0.137. The van der Waals surface area contributed by atoms with Crippen molar-refractivity contribution in [2.45, 2.75) is 31.8 Å². The fraction of sp³-hybridized carbons (Fsp3) is 0.467. The molecule has 0 bridgehead atoms. The molecule has 3 rings (SSSR count). The van der Waals surface area contributed by atoms with Gasteiger partial charge in [-0.1, -0.05) is 37.3 Å². The number of nitrogens with one attached hydrogen (secondary N) is 1. The maximum absolute atomic E-state index is 12.7. The first-order chi connectivity index (χ1) is 10.6. The van der Waals surface area contributed by atoms with Gasteiger partial charge in [-0.2, -0.15) is 5.21 Å². The van der Waals surface area contributed by atoms with Crippen molar-refractivity contribution >= 4 is 5.91 Å². The number of amides is 1. The summed E-state index contributed by atoms with van der Waals surface area (Å²) in [4.78, 5) is 14.3. The molecular weight excluding hydrogens is 282 g/mol. The normalized spacial score (nSPS) is 21.0. The molecule has 1 amide bonds. The van der Waals surface area contributed by atoms with Crippen molar-refractivity contribution in [1.29, 1.82) is 0 Å². The van der Waals surface area contributed by atoms with Gasteiger partial charge in [-0.3, -0.25) is 4.79 Å². The number of fused-ring (bicyclic) bond motifs is 1. The van der Waals surface area contributed by atoms with Crippen molar-refractivity contribution in [3.8, 4) is 5.75 Å². The molecular formula is C15H19N5O2. The number of tetrazole rings is 1. The molecule has 2 heterocycles. The highest BCUT2D eigenvalue weighted by molar-refractivity contribution is 5.83. The minimum Gasteiger partial charge on any atom is -0.480 e. The van der Waals surface area contributed by atoms with Gasteiger partial charge in [0.1, 0.15) is 5.75 Å². The number of hydrogen-bond donors (Lipinski definition) is 1. The molecule has 7 nitrogen and oxygen atoms in total. The number of nitrogens with zero attached hydrogens (tertiary/aromatic N) is 4. The number of carbonyl (C=O) groups is 1. The second-order valence-electron chi connectivity index (χ2n) is 5.75. The maximum atomic E-state index is 12.7. The average molecular weight is 301 g/mol. The van der Waals surface area contributed by atoms with E-state index >= 15 is 0 Å². The van der Waals surface area contributed by atoms with Crippen LogP contribution in [0.3, 0.4) is 0 Å². The van der Waals surface area contributed by atoms with Crippen LogP contribution in [-0.4, -0.2) is 51.1 Å². The Hall–Kier alpha value is -2.44. The summed E-state index contributed by atoms with van der Waals surface area (Å²) >= 11 is 0. The maximum Gasteiger partial charge on any atom is 0.264 e. The fourth-order valence-electron chi connectivity index (χ4n) is 2.81. The molecule has 1 aromatic heterocycles. The lowest BCUT2D eigenvalue weighted by Crippen LogP contribution is -2.41. The van der Waals surface area contributed by atoms with Crippen molar-refractivity contribution in [2.75, 3.05) is 13.6 Å². The Labute approximate surface area is 128 Å². The summed E-state index contributed by atoms with van der Waals surface area (Å²) in [5.41, 5.74) is 1.08. The summed E-state index contributed by atoms with van der Waals surface area (Å²) in [6.07, 6.45) is -0.472. The summed E-state index contributed by atoms with van der Waals surface area (Å²) < 4.78 is 5.83. The summed E-state index contributed by atoms with van der Waals surface area (Å²) in [6.45, 7) is 4.49. The second kappa shape index (κ2) is 5.75. The van der Waals surface area contributed by atoms with Crippen LogP contribution >= 0.6 is 0 Å². The highest BCUT2D eigenvalue weighted by atomic mass is 16.5. The zero-order valence-corrected chi connectivity index (χ0v) is 12.9. The van der Waals surface area contributed by atoms with Crippen LogP contribution in [0.4, 0.5) is 0 Å². The molecule has 0 aliphatic carbocycles. The number of hydrogen-bond acceptors (Lipinski definition) is 5. The Morgan fingerprint density at radius 2 is 2.23 bits per heavy atom. The van der Waals surface area contributed by atoms with E-state index < -0.39 is 6.10 Å². The molecule has 0 saturated heterocycles. The Bertz CT molecular complexity index is 658. The van der Waals surface area contributed by atoms with Gasteiger partial charge in [0, 0.05) is 31.0 Å². The molecule has 1 aliphatic heterocycles. The van der Waals surface area contributed by atoms with E-state index in [9.17, 15) is 4.79 Å². The van der Waals surface area contributed by atoms with Gasteiger partial charge in [0.05, 0.1) is 0 Å². The molecule has 22 heavy (non-hydrogen) atoms. The first-order valence-corrected chi connectivity index (χ1v) is 7.32. The minimum absolute atomic E-state index is 0.00628. The number of benzene rings is 1. The zero-order chi connectivity index (χ0) is 15.7.